The number of benzene rings is 1. The quantitative estimate of drug-likeness (QED) is 0.608. The molecule has 10 heteroatoms. The number of carbonyl (C=O) groups is 2. The number of nitrogens with one attached hydrogen (secondary N) is 2. The first-order valence-corrected chi connectivity index (χ1v) is 10.5. The molecule has 8 nitrogen and oxygen atoms in total. The number of nitrogens with zero attached hydrogens (tertiary/aromatic N) is 3. The second-order valence-corrected chi connectivity index (χ2v) is 7.38. The Morgan fingerprint density at radius 1 is 1.07 bits per heavy atom. The van der Waals surface area contributed by atoms with E-state index in [0.717, 1.165) is 11.7 Å². The van der Waals surface area contributed by atoms with Gasteiger partial charge >= 0.3 is 0 Å². The van der Waals surface area contributed by atoms with Crippen LogP contribution in [0.4, 0.5) is 11.9 Å². The van der Waals surface area contributed by atoms with Crippen molar-refractivity contribution in [1.29, 1.82) is 0 Å². The maximum atomic E-state index is 11.6. The minimum atomic E-state index is -0.389. The second kappa shape index (κ2) is 10.2. The topological polar surface area (TPSA) is 123 Å². The molecule has 0 radical (unpaired) electrons. The van der Waals surface area contributed by atoms with E-state index < -0.39 is 0 Å². The van der Waals surface area contributed by atoms with Crippen LogP contribution < -0.4 is 16.4 Å². The number of thioether (sulfide) groups is 1. The van der Waals surface area contributed by atoms with E-state index in [4.69, 9.17) is 17.3 Å². The van der Waals surface area contributed by atoms with Crippen LogP contribution in [0.25, 0.3) is 0 Å². The third-order valence-corrected chi connectivity index (χ3v) is 4.57. The number of Topliss-reactive ketones (excluding diaryl/α,β-unsaturated/α-hetero) is 2. The highest BCUT2D eigenvalue weighted by atomic mass is 35.5. The SMILES string of the molecule is CCNc1nc(NC(C)C)nc(SC)n1.NC1=C(Cl)C(=O)c2ccccc2C1=O. The van der Waals surface area contributed by atoms with Gasteiger partial charge in [-0.3, -0.25) is 9.59 Å². The number of ketones is 2. The molecule has 154 valence electrons. The van der Waals surface area contributed by atoms with Gasteiger partial charge in [0.1, 0.15) is 10.7 Å². The Hall–Kier alpha value is -2.65. The largest absolute Gasteiger partial charge is 0.394 e. The minimum absolute atomic E-state index is 0.171. The van der Waals surface area contributed by atoms with Gasteiger partial charge in [-0.25, -0.2) is 0 Å². The van der Waals surface area contributed by atoms with Crippen molar-refractivity contribution >= 4 is 46.8 Å². The van der Waals surface area contributed by atoms with E-state index in [-0.39, 0.29) is 22.3 Å². The maximum Gasteiger partial charge on any atom is 0.228 e. The molecule has 0 saturated heterocycles. The van der Waals surface area contributed by atoms with Crippen molar-refractivity contribution < 1.29 is 9.59 Å². The molecule has 29 heavy (non-hydrogen) atoms. The van der Waals surface area contributed by atoms with E-state index in [0.29, 0.717) is 29.1 Å². The summed E-state index contributed by atoms with van der Waals surface area (Å²) >= 11 is 7.13. The summed E-state index contributed by atoms with van der Waals surface area (Å²) < 4.78 is 0. The zero-order valence-electron chi connectivity index (χ0n) is 16.6. The molecule has 0 unspecified atom stereocenters. The molecule has 3 rings (SSSR count). The van der Waals surface area contributed by atoms with E-state index in [1.165, 1.54) is 11.8 Å². The smallest absolute Gasteiger partial charge is 0.228 e. The number of allylic oxidation sites excluding steroid dienone is 2. The molecule has 0 fully saturated rings. The predicted octanol–water partition coefficient (Wildman–Crippen LogP) is 3.32. The molecular formula is C19H23ClN6O2S. The molecule has 4 N–H and O–H groups in total. The van der Waals surface area contributed by atoms with Crippen LogP contribution in [0.5, 0.6) is 0 Å². The molecular weight excluding hydrogens is 412 g/mol. The lowest BCUT2D eigenvalue weighted by Gasteiger charge is -2.13. The van der Waals surface area contributed by atoms with E-state index in [1.807, 2.05) is 13.2 Å². The van der Waals surface area contributed by atoms with Crippen LogP contribution >= 0.6 is 23.4 Å². The summed E-state index contributed by atoms with van der Waals surface area (Å²) in [5, 5.41) is 6.78. The average Bonchev–Trinajstić information content (AvgIpc) is 2.70. The van der Waals surface area contributed by atoms with Gasteiger partial charge in [0, 0.05) is 23.7 Å². The van der Waals surface area contributed by atoms with Gasteiger partial charge in [0.25, 0.3) is 0 Å². The van der Waals surface area contributed by atoms with Crippen molar-refractivity contribution in [2.24, 2.45) is 5.73 Å². The lowest BCUT2D eigenvalue weighted by Crippen LogP contribution is -2.24. The average molecular weight is 435 g/mol. The van der Waals surface area contributed by atoms with Crippen molar-refractivity contribution in [2.45, 2.75) is 32.0 Å². The first-order valence-electron chi connectivity index (χ1n) is 8.92. The second-order valence-electron chi connectivity index (χ2n) is 6.23. The van der Waals surface area contributed by atoms with E-state index >= 15 is 0 Å². The maximum absolute atomic E-state index is 11.6. The molecule has 1 aromatic carbocycles. The van der Waals surface area contributed by atoms with E-state index in [2.05, 4.69) is 39.4 Å². The van der Waals surface area contributed by atoms with Gasteiger partial charge in [0.05, 0.1) is 0 Å². The zero-order valence-corrected chi connectivity index (χ0v) is 18.2. The summed E-state index contributed by atoms with van der Waals surface area (Å²) in [6, 6.07) is 6.79. The molecule has 0 atom stereocenters. The number of halogens is 1. The van der Waals surface area contributed by atoms with Gasteiger partial charge in [-0.2, -0.15) is 15.0 Å². The molecule has 0 spiro atoms. The van der Waals surface area contributed by atoms with Crippen LogP contribution in [0, 0.1) is 0 Å². The molecule has 1 heterocycles. The number of rotatable bonds is 5. The highest BCUT2D eigenvalue weighted by molar-refractivity contribution is 7.98. The van der Waals surface area contributed by atoms with Crippen molar-refractivity contribution in [3.63, 3.8) is 0 Å². The van der Waals surface area contributed by atoms with Crippen LogP contribution in [-0.2, 0) is 0 Å². The van der Waals surface area contributed by atoms with Crippen molar-refractivity contribution in [3.05, 3.63) is 46.1 Å². The molecule has 0 saturated carbocycles. The number of carbonyl (C=O) groups excluding carboxylic acids is 2. The van der Waals surface area contributed by atoms with Gasteiger partial charge in [-0.15, -0.1) is 0 Å². The normalized spacial score (nSPS) is 13.0. The Labute approximate surface area is 178 Å². The highest BCUT2D eigenvalue weighted by Gasteiger charge is 2.29. The van der Waals surface area contributed by atoms with E-state index in [1.54, 1.807) is 24.3 Å². The van der Waals surface area contributed by atoms with Crippen LogP contribution in [0.15, 0.2) is 40.2 Å². The molecule has 1 aliphatic rings. The van der Waals surface area contributed by atoms with Crippen molar-refractivity contribution in [1.82, 2.24) is 15.0 Å². The summed E-state index contributed by atoms with van der Waals surface area (Å²) in [6.45, 7) is 6.92. The number of fused-ring (bicyclic) bond motifs is 1. The summed E-state index contributed by atoms with van der Waals surface area (Å²) in [6.07, 6.45) is 1.95. The van der Waals surface area contributed by atoms with Crippen LogP contribution in [0.2, 0.25) is 0 Å². The molecule has 1 aromatic heterocycles. The summed E-state index contributed by atoms with van der Waals surface area (Å²) in [4.78, 5) is 35.9. The van der Waals surface area contributed by atoms with Gasteiger partial charge < -0.3 is 16.4 Å². The number of hydrogen-bond donors (Lipinski definition) is 3. The Bertz CT molecular complexity index is 905. The highest BCUT2D eigenvalue weighted by Crippen LogP contribution is 2.25. The number of nitrogens with two attached hydrogens (primary N) is 1. The van der Waals surface area contributed by atoms with Crippen LogP contribution in [-0.4, -0.2) is 45.4 Å². The Morgan fingerprint density at radius 3 is 2.21 bits per heavy atom. The number of anilines is 2. The fraction of sp³-hybridized carbons (Fsp3) is 0.316. The monoisotopic (exact) mass is 434 g/mol. The molecule has 0 bridgehead atoms. The predicted molar refractivity (Wildman–Crippen MR) is 117 cm³/mol. The van der Waals surface area contributed by atoms with Crippen LogP contribution in [0.1, 0.15) is 41.5 Å². The molecule has 0 aliphatic heterocycles. The van der Waals surface area contributed by atoms with Gasteiger partial charge in [-0.05, 0) is 27.0 Å². The zero-order chi connectivity index (χ0) is 21.6. The Balaban J connectivity index is 0.000000207. The number of aromatic nitrogens is 3. The lowest BCUT2D eigenvalue weighted by molar-refractivity contribution is 0.0979. The molecule has 2 aromatic rings. The fourth-order valence-electron chi connectivity index (χ4n) is 2.37. The van der Waals surface area contributed by atoms with Gasteiger partial charge in [-0.1, -0.05) is 47.6 Å². The van der Waals surface area contributed by atoms with Gasteiger partial charge in [0.15, 0.2) is 5.16 Å². The standard InChI is InChI=1S/C10H6ClNO2.C9H17N5S/c11-7-8(12)10(14)6-4-2-1-3-5(6)9(7)13;1-5-10-7-12-8(11-6(2)3)14-9(13-7)15-4/h1-4H,12H2;6H,5H2,1-4H3,(H2,10,11,12,13,14). The molecule has 1 aliphatic carbocycles. The third-order valence-electron chi connectivity index (χ3n) is 3.65. The van der Waals surface area contributed by atoms with Crippen molar-refractivity contribution in [3.8, 4) is 0 Å². The fourth-order valence-corrected chi connectivity index (χ4v) is 2.92. The lowest BCUT2D eigenvalue weighted by atomic mass is 9.93. The Morgan fingerprint density at radius 2 is 1.66 bits per heavy atom. The summed E-state index contributed by atoms with van der Waals surface area (Å²) in [5.41, 5.74) is 5.87. The van der Waals surface area contributed by atoms with Crippen molar-refractivity contribution in [2.75, 3.05) is 23.4 Å². The van der Waals surface area contributed by atoms with Gasteiger partial charge in [0.2, 0.25) is 23.5 Å². The summed E-state index contributed by atoms with van der Waals surface area (Å²) in [5.74, 6) is 0.477. The molecule has 0 amide bonds. The third kappa shape index (κ3) is 5.68. The first-order chi connectivity index (χ1) is 13.8. The van der Waals surface area contributed by atoms with E-state index in [9.17, 15) is 9.59 Å². The first kappa shape index (κ1) is 22.6. The minimum Gasteiger partial charge on any atom is -0.394 e. The van der Waals surface area contributed by atoms with Crippen LogP contribution in [0.3, 0.4) is 0 Å². The number of hydrogen-bond acceptors (Lipinski definition) is 9. The summed E-state index contributed by atoms with van der Waals surface area (Å²) in [7, 11) is 0. The Kier molecular flexibility index (Phi) is 7.98.